The fourth-order valence-electron chi connectivity index (χ4n) is 9.63. The number of benzene rings is 4. The van der Waals surface area contributed by atoms with Crippen LogP contribution in [0.25, 0.3) is 6.08 Å². The first kappa shape index (κ1) is 43.4. The predicted molar refractivity (Wildman–Crippen MR) is 243 cm³/mol. The van der Waals surface area contributed by atoms with Gasteiger partial charge in [0.1, 0.15) is 5.60 Å². The summed E-state index contributed by atoms with van der Waals surface area (Å²) in [5, 5.41) is 21.5. The number of ether oxygens (including phenoxy) is 4. The Labute approximate surface area is 361 Å². The summed E-state index contributed by atoms with van der Waals surface area (Å²) >= 11 is 0. The first-order chi connectivity index (χ1) is 29.3. The Morgan fingerprint density at radius 2 is 1.59 bits per heavy atom. The highest BCUT2D eigenvalue weighted by Crippen LogP contribution is 2.62. The molecule has 61 heavy (non-hydrogen) atoms. The van der Waals surface area contributed by atoms with Gasteiger partial charge in [0.2, 0.25) is 5.76 Å². The van der Waals surface area contributed by atoms with E-state index in [1.54, 1.807) is 33.5 Å². The van der Waals surface area contributed by atoms with Crippen molar-refractivity contribution in [2.24, 2.45) is 0 Å². The Morgan fingerprint density at radius 3 is 2.25 bits per heavy atom. The van der Waals surface area contributed by atoms with Crippen LogP contribution in [0.5, 0.6) is 11.5 Å². The number of para-hydroxylation sites is 1. The van der Waals surface area contributed by atoms with Gasteiger partial charge in [0, 0.05) is 35.1 Å². The minimum absolute atomic E-state index is 0.121. The number of aliphatic hydroxyl groups is 1. The Bertz CT molecular complexity index is 2370. The summed E-state index contributed by atoms with van der Waals surface area (Å²) in [6, 6.07) is 29.5. The highest BCUT2D eigenvalue weighted by Gasteiger charge is 2.66. The second-order valence-corrected chi connectivity index (χ2v) is 17.5. The Hall–Kier alpha value is -5.74. The molecule has 2 heterocycles. The lowest BCUT2D eigenvalue weighted by molar-refractivity contribution is -0.00817. The van der Waals surface area contributed by atoms with Crippen LogP contribution in [0.15, 0.2) is 139 Å². The molecule has 7 rings (SSSR count). The number of nitrogens with zero attached hydrogens (tertiary/aromatic N) is 1. The number of fused-ring (bicyclic) bond motifs is 3. The maximum absolute atomic E-state index is 9.85. The molecule has 9 nitrogen and oxygen atoms in total. The lowest BCUT2D eigenvalue weighted by Crippen LogP contribution is -2.60. The summed E-state index contributed by atoms with van der Waals surface area (Å²) < 4.78 is 24.6. The van der Waals surface area contributed by atoms with Gasteiger partial charge in [-0.15, -0.1) is 0 Å². The molecule has 0 amide bonds. The van der Waals surface area contributed by atoms with Crippen molar-refractivity contribution in [3.63, 3.8) is 0 Å². The lowest BCUT2D eigenvalue weighted by atomic mass is 9.61. The molecular weight excluding hydrogens is 765 g/mol. The van der Waals surface area contributed by atoms with Gasteiger partial charge in [-0.05, 0) is 76.8 Å². The minimum atomic E-state index is -0.782. The van der Waals surface area contributed by atoms with E-state index in [1.165, 1.54) is 11.1 Å². The lowest BCUT2D eigenvalue weighted by Gasteiger charge is -2.51. The monoisotopic (exact) mass is 824 g/mol. The highest BCUT2D eigenvalue weighted by molar-refractivity contribution is 5.73. The first-order valence-electron chi connectivity index (χ1n) is 20.9. The van der Waals surface area contributed by atoms with E-state index in [1.807, 2.05) is 29.3 Å². The fraction of sp³-hybridized carbons (Fsp3) is 0.346. The molecule has 0 fully saturated rings. The van der Waals surface area contributed by atoms with E-state index in [2.05, 4.69) is 132 Å². The van der Waals surface area contributed by atoms with Crippen molar-refractivity contribution in [3.8, 4) is 11.5 Å². The van der Waals surface area contributed by atoms with Crippen molar-refractivity contribution in [2.75, 3.05) is 38.5 Å². The van der Waals surface area contributed by atoms with Crippen LogP contribution in [-0.4, -0.2) is 50.0 Å². The smallest absolute Gasteiger partial charge is 0.203 e. The van der Waals surface area contributed by atoms with Crippen molar-refractivity contribution >= 4 is 17.5 Å². The number of hydroxylamine groups is 1. The van der Waals surface area contributed by atoms with Crippen LogP contribution < -0.4 is 20.0 Å². The van der Waals surface area contributed by atoms with Crippen molar-refractivity contribution in [2.45, 2.75) is 88.4 Å². The van der Waals surface area contributed by atoms with Gasteiger partial charge >= 0.3 is 0 Å². The molecule has 2 aliphatic heterocycles. The molecule has 3 aliphatic rings. The van der Waals surface area contributed by atoms with E-state index < -0.39 is 16.4 Å². The fourth-order valence-corrected chi connectivity index (χ4v) is 9.63. The maximum atomic E-state index is 9.85. The van der Waals surface area contributed by atoms with E-state index in [4.69, 9.17) is 23.8 Å². The highest BCUT2D eigenvalue weighted by atomic mass is 16.7. The number of hydrogen-bond acceptors (Lipinski definition) is 9. The summed E-state index contributed by atoms with van der Waals surface area (Å²) in [7, 11) is 4.83. The topological polar surface area (TPSA) is 102 Å². The van der Waals surface area contributed by atoms with E-state index >= 15 is 0 Å². The van der Waals surface area contributed by atoms with E-state index in [9.17, 15) is 10.3 Å². The number of anilines is 2. The third-order valence-corrected chi connectivity index (χ3v) is 13.1. The Morgan fingerprint density at radius 1 is 0.902 bits per heavy atom. The number of rotatable bonds is 13. The number of hydrogen-bond donors (Lipinski definition) is 3. The van der Waals surface area contributed by atoms with E-state index in [0.29, 0.717) is 48.1 Å². The molecule has 320 valence electrons. The molecule has 1 aliphatic carbocycles. The summed E-state index contributed by atoms with van der Waals surface area (Å²) in [6.45, 7) is 15.8. The summed E-state index contributed by atoms with van der Waals surface area (Å²) in [5.41, 5.74) is 9.29. The SMILES string of the molecule is C=CC1=C(\C(=C/CC(CO)OC)OC)ON(Cc2ccc(CC3(C)c4ccccc4C(C)(C)C34C=Cc3cc(NO)cc(OC)c3O4)cc2)c2ccccc2C(C)(C)C/C=C\1. The third-order valence-electron chi connectivity index (χ3n) is 13.1. The van der Waals surface area contributed by atoms with Crippen LogP contribution in [0, 0.1) is 0 Å². The van der Waals surface area contributed by atoms with Crippen LogP contribution in [0.4, 0.5) is 11.4 Å². The predicted octanol–water partition coefficient (Wildman–Crippen LogP) is 10.7. The Balaban J connectivity index is 1.27. The van der Waals surface area contributed by atoms with E-state index in [-0.39, 0.29) is 18.1 Å². The summed E-state index contributed by atoms with van der Waals surface area (Å²) in [5.74, 6) is 2.22. The van der Waals surface area contributed by atoms with Gasteiger partial charge in [0.25, 0.3) is 0 Å². The van der Waals surface area contributed by atoms with Gasteiger partial charge in [-0.1, -0.05) is 132 Å². The minimum Gasteiger partial charge on any atom is -0.493 e. The van der Waals surface area contributed by atoms with Crippen LogP contribution >= 0.6 is 0 Å². The third kappa shape index (κ3) is 7.75. The van der Waals surface area contributed by atoms with E-state index in [0.717, 1.165) is 39.9 Å². The second kappa shape index (κ2) is 17.3. The molecule has 3 unspecified atom stereocenters. The van der Waals surface area contributed by atoms with Crippen molar-refractivity contribution < 1.29 is 34.1 Å². The average molecular weight is 825 g/mol. The quantitative estimate of drug-likeness (QED) is 0.0898. The molecule has 0 aromatic heterocycles. The molecule has 4 aromatic rings. The molecular formula is C52H60N2O7. The van der Waals surface area contributed by atoms with Crippen molar-refractivity contribution in [1.29, 1.82) is 0 Å². The standard InChI is InChI=1S/C52H60N2O7/c1-10-37-16-15-28-49(2,3)43-19-13-14-20-44(43)54(61-48(37)45(58-8)26-25-40(34-55)57-7)33-36-23-21-35(22-24-36)32-51(6)42-18-12-11-17-41(42)50(4,5)52(51)29-27-38-30-39(53-56)31-46(59-9)47(38)60-52/h10-24,26-27,29-31,40,53,55-56H,1,25,28,32-34H2,2-9H3/b16-15-,45-26+,48-37-. The van der Waals surface area contributed by atoms with Crippen molar-refractivity contribution in [1.82, 2.24) is 0 Å². The van der Waals surface area contributed by atoms with Crippen molar-refractivity contribution in [3.05, 3.63) is 172 Å². The molecule has 3 N–H and O–H groups in total. The van der Waals surface area contributed by atoms with Crippen LogP contribution in [0.1, 0.15) is 80.8 Å². The zero-order valence-corrected chi connectivity index (χ0v) is 36.7. The number of allylic oxidation sites excluding steroid dienone is 4. The number of nitrogens with one attached hydrogen (secondary N) is 1. The molecule has 1 spiro atoms. The maximum Gasteiger partial charge on any atom is 0.203 e. The molecule has 0 saturated heterocycles. The number of methoxy groups -OCH3 is 3. The largest absolute Gasteiger partial charge is 0.493 e. The second-order valence-electron chi connectivity index (χ2n) is 17.5. The average Bonchev–Trinajstić information content (AvgIpc) is 3.40. The first-order valence-corrected chi connectivity index (χ1v) is 20.9. The van der Waals surface area contributed by atoms with Gasteiger partial charge in [0.05, 0.1) is 44.8 Å². The van der Waals surface area contributed by atoms with Crippen LogP contribution in [0.2, 0.25) is 0 Å². The molecule has 0 bridgehead atoms. The zero-order chi connectivity index (χ0) is 43.6. The van der Waals surface area contributed by atoms with Gasteiger partial charge in [-0.2, -0.15) is 0 Å². The van der Waals surface area contributed by atoms with Crippen LogP contribution in [0.3, 0.4) is 0 Å². The van der Waals surface area contributed by atoms with Gasteiger partial charge in [0.15, 0.2) is 17.3 Å². The summed E-state index contributed by atoms with van der Waals surface area (Å²) in [6.07, 6.45) is 13.7. The van der Waals surface area contributed by atoms with Gasteiger partial charge in [-0.25, -0.2) is 5.06 Å². The summed E-state index contributed by atoms with van der Waals surface area (Å²) in [4.78, 5) is 7.00. The molecule has 0 radical (unpaired) electrons. The van der Waals surface area contributed by atoms with Gasteiger partial charge in [-0.3, -0.25) is 10.7 Å². The molecule has 3 atom stereocenters. The zero-order valence-electron chi connectivity index (χ0n) is 36.7. The molecule has 9 heteroatoms. The molecule has 0 saturated carbocycles. The molecule has 4 aromatic carbocycles. The van der Waals surface area contributed by atoms with Crippen LogP contribution in [-0.2, 0) is 43.5 Å². The van der Waals surface area contributed by atoms with Gasteiger partial charge < -0.3 is 28.9 Å². The Kier molecular flexibility index (Phi) is 12.3. The normalized spacial score (nSPS) is 23.4. The number of aliphatic hydroxyl groups excluding tert-OH is 1.